The first kappa shape index (κ1) is 19.4. The van der Waals surface area contributed by atoms with Gasteiger partial charge in [0.05, 0.1) is 6.61 Å². The van der Waals surface area contributed by atoms with E-state index in [0.29, 0.717) is 12.2 Å². The first-order valence-corrected chi connectivity index (χ1v) is 7.66. The van der Waals surface area contributed by atoms with Gasteiger partial charge in [0.25, 0.3) is 0 Å². The summed E-state index contributed by atoms with van der Waals surface area (Å²) in [6.45, 7) is 11.1. The van der Waals surface area contributed by atoms with E-state index in [1.54, 1.807) is 6.92 Å². The molecule has 0 amide bonds. The van der Waals surface area contributed by atoms with Crippen LogP contribution in [0.4, 0.5) is 0 Å². The van der Waals surface area contributed by atoms with Crippen LogP contribution in [0.2, 0.25) is 0 Å². The Morgan fingerprint density at radius 1 is 1.24 bits per heavy atom. The van der Waals surface area contributed by atoms with Crippen LogP contribution in [0, 0.1) is 0 Å². The summed E-state index contributed by atoms with van der Waals surface area (Å²) in [6.07, 6.45) is 9.02. The van der Waals surface area contributed by atoms with Gasteiger partial charge in [-0.1, -0.05) is 32.9 Å². The fraction of sp³-hybridized carbons (Fsp3) is 0.647. The highest BCUT2D eigenvalue weighted by Gasteiger charge is 2.17. The van der Waals surface area contributed by atoms with E-state index in [0.717, 1.165) is 25.7 Å². The first-order valence-electron chi connectivity index (χ1n) is 7.66. The normalized spacial score (nSPS) is 14.4. The van der Waals surface area contributed by atoms with Crippen molar-refractivity contribution in [2.24, 2.45) is 0 Å². The Morgan fingerprint density at radius 3 is 2.33 bits per heavy atom. The van der Waals surface area contributed by atoms with Crippen molar-refractivity contribution >= 4 is 11.9 Å². The minimum absolute atomic E-state index is 0.156. The lowest BCUT2D eigenvalue weighted by atomic mass is 9.98. The monoisotopic (exact) mass is 296 g/mol. The zero-order chi connectivity index (χ0) is 16.1. The molecule has 0 heterocycles. The molecule has 4 nitrogen and oxygen atoms in total. The minimum atomic E-state index is -0.330. The maximum Gasteiger partial charge on any atom is 0.333 e. The molecule has 0 aliphatic heterocycles. The lowest BCUT2D eigenvalue weighted by molar-refractivity contribution is -0.145. The maximum atomic E-state index is 11.1. The fourth-order valence-corrected chi connectivity index (χ4v) is 1.81. The number of rotatable bonds is 6. The van der Waals surface area contributed by atoms with Crippen molar-refractivity contribution in [3.8, 4) is 0 Å². The molecule has 0 radical (unpaired) electrons. The lowest BCUT2D eigenvalue weighted by Gasteiger charge is -2.21. The van der Waals surface area contributed by atoms with Crippen molar-refractivity contribution in [1.82, 2.24) is 0 Å². The largest absolute Gasteiger partial charge is 0.463 e. The summed E-state index contributed by atoms with van der Waals surface area (Å²) in [7, 11) is 0. The molecule has 0 unspecified atom stereocenters. The predicted molar refractivity (Wildman–Crippen MR) is 83.8 cm³/mol. The van der Waals surface area contributed by atoms with E-state index in [1.165, 1.54) is 25.3 Å². The second-order valence-corrected chi connectivity index (χ2v) is 5.17. The number of carbonyl (C=O) groups excluding carboxylic acids is 2. The quantitative estimate of drug-likeness (QED) is 0.423. The molecule has 0 spiro atoms. The van der Waals surface area contributed by atoms with E-state index in [9.17, 15) is 9.59 Å². The zero-order valence-electron chi connectivity index (χ0n) is 13.4. The standard InChI is InChI=1S/C10H16O2.C7H12O2/c1-8(2)10(11)12-9-6-4-3-5-7-9;1-3-5-6-9-7(8)4-2/h9H,1,3-7H2,2H3;4H,2-3,5-6H2,1H3. The molecule has 4 heteroatoms. The molecule has 0 aromatic carbocycles. The first-order chi connectivity index (χ1) is 10.0. The molecule has 1 rings (SSSR count). The average Bonchev–Trinajstić information content (AvgIpc) is 2.49. The topological polar surface area (TPSA) is 52.6 Å². The Morgan fingerprint density at radius 2 is 1.86 bits per heavy atom. The van der Waals surface area contributed by atoms with Gasteiger partial charge in [0.2, 0.25) is 0 Å². The van der Waals surface area contributed by atoms with Crippen LogP contribution in [-0.2, 0) is 19.1 Å². The summed E-state index contributed by atoms with van der Waals surface area (Å²) in [5.74, 6) is -0.564. The number of hydrogen-bond acceptors (Lipinski definition) is 4. The number of ether oxygens (including phenoxy) is 2. The molecule has 1 aliphatic carbocycles. The second kappa shape index (κ2) is 12.2. The van der Waals surface area contributed by atoms with Crippen molar-refractivity contribution in [3.63, 3.8) is 0 Å². The highest BCUT2D eigenvalue weighted by Crippen LogP contribution is 2.20. The SMILES string of the molecule is C=C(C)C(=O)OC1CCCCC1.C=CC(=O)OCCCC. The highest BCUT2D eigenvalue weighted by molar-refractivity contribution is 5.87. The molecule has 0 N–H and O–H groups in total. The van der Waals surface area contributed by atoms with E-state index in [2.05, 4.69) is 17.9 Å². The van der Waals surface area contributed by atoms with Crippen molar-refractivity contribution in [3.05, 3.63) is 24.8 Å². The van der Waals surface area contributed by atoms with Gasteiger partial charge in [0.1, 0.15) is 6.10 Å². The van der Waals surface area contributed by atoms with Crippen molar-refractivity contribution in [2.75, 3.05) is 6.61 Å². The van der Waals surface area contributed by atoms with Crippen molar-refractivity contribution in [1.29, 1.82) is 0 Å². The molecule has 0 atom stereocenters. The fourth-order valence-electron chi connectivity index (χ4n) is 1.81. The van der Waals surface area contributed by atoms with E-state index in [-0.39, 0.29) is 18.0 Å². The van der Waals surface area contributed by atoms with Crippen LogP contribution in [0.25, 0.3) is 0 Å². The van der Waals surface area contributed by atoms with Gasteiger partial charge < -0.3 is 9.47 Å². The van der Waals surface area contributed by atoms with Crippen LogP contribution in [0.3, 0.4) is 0 Å². The van der Waals surface area contributed by atoms with Crippen LogP contribution in [0.5, 0.6) is 0 Å². The molecule has 0 bridgehead atoms. The van der Waals surface area contributed by atoms with Gasteiger partial charge in [-0.05, 0) is 39.0 Å². The van der Waals surface area contributed by atoms with Gasteiger partial charge in [0.15, 0.2) is 0 Å². The van der Waals surface area contributed by atoms with E-state index < -0.39 is 0 Å². The zero-order valence-corrected chi connectivity index (χ0v) is 13.4. The number of esters is 2. The third-order valence-corrected chi connectivity index (χ3v) is 3.08. The van der Waals surface area contributed by atoms with E-state index >= 15 is 0 Å². The van der Waals surface area contributed by atoms with E-state index in [1.807, 2.05) is 6.92 Å². The van der Waals surface area contributed by atoms with Crippen molar-refractivity contribution < 1.29 is 19.1 Å². The smallest absolute Gasteiger partial charge is 0.333 e. The van der Waals surface area contributed by atoms with Gasteiger partial charge in [-0.15, -0.1) is 0 Å². The predicted octanol–water partition coefficient (Wildman–Crippen LogP) is 3.95. The Hall–Kier alpha value is -1.58. The molecule has 0 saturated heterocycles. The van der Waals surface area contributed by atoms with Crippen LogP contribution in [0.1, 0.15) is 58.8 Å². The minimum Gasteiger partial charge on any atom is -0.463 e. The van der Waals surface area contributed by atoms with Crippen LogP contribution >= 0.6 is 0 Å². The second-order valence-electron chi connectivity index (χ2n) is 5.17. The van der Waals surface area contributed by atoms with E-state index in [4.69, 9.17) is 4.74 Å². The Balaban J connectivity index is 0.000000400. The van der Waals surface area contributed by atoms with Crippen molar-refractivity contribution in [2.45, 2.75) is 64.9 Å². The number of hydrogen-bond donors (Lipinski definition) is 0. The Bertz CT molecular complexity index is 341. The van der Waals surface area contributed by atoms with Gasteiger partial charge in [-0.2, -0.15) is 0 Å². The van der Waals surface area contributed by atoms with Gasteiger partial charge in [-0.25, -0.2) is 9.59 Å². The third-order valence-electron chi connectivity index (χ3n) is 3.08. The molecule has 0 aromatic rings. The van der Waals surface area contributed by atoms with Gasteiger partial charge in [0, 0.05) is 11.6 Å². The summed E-state index contributed by atoms with van der Waals surface area (Å²) < 4.78 is 9.89. The summed E-state index contributed by atoms with van der Waals surface area (Å²) in [4.78, 5) is 21.4. The molecule has 1 aliphatic rings. The lowest BCUT2D eigenvalue weighted by Crippen LogP contribution is -2.20. The summed E-state index contributed by atoms with van der Waals surface area (Å²) >= 11 is 0. The molecular formula is C17H28O4. The highest BCUT2D eigenvalue weighted by atomic mass is 16.5. The number of carbonyl (C=O) groups is 2. The molecule has 120 valence electrons. The van der Waals surface area contributed by atoms with Gasteiger partial charge in [-0.3, -0.25) is 0 Å². The Labute approximate surface area is 128 Å². The van der Waals surface area contributed by atoms with Gasteiger partial charge >= 0.3 is 11.9 Å². The molecule has 0 aromatic heterocycles. The van der Waals surface area contributed by atoms with Crippen LogP contribution in [0.15, 0.2) is 24.8 Å². The third kappa shape index (κ3) is 10.8. The average molecular weight is 296 g/mol. The number of unbranched alkanes of at least 4 members (excludes halogenated alkanes) is 1. The molecular weight excluding hydrogens is 268 g/mol. The maximum absolute atomic E-state index is 11.1. The molecule has 1 saturated carbocycles. The molecule has 21 heavy (non-hydrogen) atoms. The summed E-state index contributed by atoms with van der Waals surface area (Å²) in [6, 6.07) is 0. The summed E-state index contributed by atoms with van der Waals surface area (Å²) in [5.41, 5.74) is 0.501. The van der Waals surface area contributed by atoms with Crippen LogP contribution in [-0.4, -0.2) is 24.6 Å². The Kier molecular flexibility index (Phi) is 11.3. The molecule has 1 fully saturated rings. The summed E-state index contributed by atoms with van der Waals surface area (Å²) in [5, 5.41) is 0. The van der Waals surface area contributed by atoms with Crippen LogP contribution < -0.4 is 0 Å².